The molecule has 5 heteroatoms. The predicted octanol–water partition coefficient (Wildman–Crippen LogP) is 1.39. The molecule has 90 valence electrons. The quantitative estimate of drug-likeness (QED) is 0.810. The Kier molecular flexibility index (Phi) is 3.16. The van der Waals surface area contributed by atoms with Crippen LogP contribution in [-0.2, 0) is 0 Å². The monoisotopic (exact) mass is 241 g/mol. The number of aromatic hydroxyl groups is 1. The van der Waals surface area contributed by atoms with Gasteiger partial charge in [-0.05, 0) is 31.0 Å². The molecule has 18 heavy (non-hydrogen) atoms. The van der Waals surface area contributed by atoms with Gasteiger partial charge in [-0.3, -0.25) is 4.79 Å². The molecule has 0 unspecified atom stereocenters. The van der Waals surface area contributed by atoms with E-state index >= 15 is 0 Å². The molecular formula is C13H11N3O2. The average Bonchev–Trinajstić information content (AvgIpc) is 3.18. The molecule has 1 N–H and O–H groups in total. The molecule has 0 saturated heterocycles. The summed E-state index contributed by atoms with van der Waals surface area (Å²) in [6.07, 6.45) is 1.80. The Morgan fingerprint density at radius 1 is 1.39 bits per heavy atom. The van der Waals surface area contributed by atoms with E-state index < -0.39 is 0 Å². The molecule has 0 radical (unpaired) electrons. The molecular weight excluding hydrogens is 230 g/mol. The molecule has 0 aromatic heterocycles. The fourth-order valence-corrected chi connectivity index (χ4v) is 1.79. The van der Waals surface area contributed by atoms with Crippen LogP contribution < -0.4 is 0 Å². The lowest BCUT2D eigenvalue weighted by Gasteiger charge is -2.19. The van der Waals surface area contributed by atoms with Crippen molar-refractivity contribution in [3.63, 3.8) is 0 Å². The molecule has 0 heterocycles. The second-order valence-corrected chi connectivity index (χ2v) is 4.20. The van der Waals surface area contributed by atoms with Crippen molar-refractivity contribution in [2.45, 2.75) is 18.9 Å². The van der Waals surface area contributed by atoms with Gasteiger partial charge in [0.05, 0.1) is 17.7 Å². The highest BCUT2D eigenvalue weighted by Gasteiger charge is 2.33. The van der Waals surface area contributed by atoms with E-state index in [1.54, 1.807) is 0 Å². The second kappa shape index (κ2) is 4.77. The summed E-state index contributed by atoms with van der Waals surface area (Å²) in [4.78, 5) is 13.7. The lowest BCUT2D eigenvalue weighted by molar-refractivity contribution is 0.0764. The Morgan fingerprint density at radius 3 is 2.67 bits per heavy atom. The standard InChI is InChI=1S/C13H11N3O2/c14-3-4-16(11-1-2-11)13(18)10-5-9(8-15)6-12(17)7-10/h5-7,11,17H,1-2,4H2. The van der Waals surface area contributed by atoms with E-state index in [0.29, 0.717) is 0 Å². The first-order chi connectivity index (χ1) is 8.65. The number of nitriles is 2. The van der Waals surface area contributed by atoms with E-state index in [0.717, 1.165) is 12.8 Å². The summed E-state index contributed by atoms with van der Waals surface area (Å²) < 4.78 is 0. The first kappa shape index (κ1) is 11.9. The largest absolute Gasteiger partial charge is 0.508 e. The fraction of sp³-hybridized carbons (Fsp3) is 0.308. The van der Waals surface area contributed by atoms with E-state index in [2.05, 4.69) is 0 Å². The number of phenols is 1. The number of hydrogen-bond donors (Lipinski definition) is 1. The first-order valence-electron chi connectivity index (χ1n) is 5.58. The van der Waals surface area contributed by atoms with Crippen LogP contribution in [0.5, 0.6) is 5.75 Å². The summed E-state index contributed by atoms with van der Waals surface area (Å²) in [7, 11) is 0. The number of carbonyl (C=O) groups is 1. The van der Waals surface area contributed by atoms with Crippen molar-refractivity contribution >= 4 is 5.91 Å². The molecule has 1 amide bonds. The molecule has 2 rings (SSSR count). The summed E-state index contributed by atoms with van der Waals surface area (Å²) in [5.74, 6) is -0.434. The van der Waals surface area contributed by atoms with Crippen molar-refractivity contribution in [2.24, 2.45) is 0 Å². The molecule has 0 aliphatic heterocycles. The number of hydrogen-bond acceptors (Lipinski definition) is 4. The van der Waals surface area contributed by atoms with Gasteiger partial charge in [0.1, 0.15) is 12.3 Å². The molecule has 1 aromatic rings. The van der Waals surface area contributed by atoms with Gasteiger partial charge in [0.25, 0.3) is 5.91 Å². The SMILES string of the molecule is N#CCN(C(=O)c1cc(O)cc(C#N)c1)C1CC1. The molecule has 1 saturated carbocycles. The lowest BCUT2D eigenvalue weighted by Crippen LogP contribution is -2.33. The highest BCUT2D eigenvalue weighted by Crippen LogP contribution is 2.28. The van der Waals surface area contributed by atoms with E-state index in [1.165, 1.54) is 23.1 Å². The Balaban J connectivity index is 2.30. The van der Waals surface area contributed by atoms with Gasteiger partial charge in [-0.1, -0.05) is 0 Å². The Labute approximate surface area is 104 Å². The van der Waals surface area contributed by atoms with Crippen LogP contribution in [-0.4, -0.2) is 28.5 Å². The van der Waals surface area contributed by atoms with Crippen molar-refractivity contribution in [1.29, 1.82) is 10.5 Å². The number of nitrogens with zero attached hydrogens (tertiary/aromatic N) is 3. The van der Waals surface area contributed by atoms with Crippen molar-refractivity contribution in [3.05, 3.63) is 29.3 Å². The maximum Gasteiger partial charge on any atom is 0.255 e. The van der Waals surface area contributed by atoms with Gasteiger partial charge < -0.3 is 10.0 Å². The molecule has 1 aliphatic carbocycles. The number of carbonyl (C=O) groups excluding carboxylic acids is 1. The van der Waals surface area contributed by atoms with Gasteiger partial charge in [0, 0.05) is 11.6 Å². The van der Waals surface area contributed by atoms with Crippen molar-refractivity contribution < 1.29 is 9.90 Å². The number of amides is 1. The van der Waals surface area contributed by atoms with Crippen LogP contribution in [0, 0.1) is 22.7 Å². The van der Waals surface area contributed by atoms with Gasteiger partial charge in [0.15, 0.2) is 0 Å². The van der Waals surface area contributed by atoms with Crippen molar-refractivity contribution in [2.75, 3.05) is 6.54 Å². The minimum Gasteiger partial charge on any atom is -0.508 e. The van der Waals surface area contributed by atoms with E-state index in [4.69, 9.17) is 10.5 Å². The third kappa shape index (κ3) is 2.41. The highest BCUT2D eigenvalue weighted by molar-refractivity contribution is 5.95. The lowest BCUT2D eigenvalue weighted by atomic mass is 10.1. The van der Waals surface area contributed by atoms with Crippen LogP contribution in [0.2, 0.25) is 0 Å². The van der Waals surface area contributed by atoms with Gasteiger partial charge in [-0.25, -0.2) is 0 Å². The van der Waals surface area contributed by atoms with E-state index in [9.17, 15) is 9.90 Å². The van der Waals surface area contributed by atoms with Crippen molar-refractivity contribution in [3.8, 4) is 17.9 Å². The van der Waals surface area contributed by atoms with Crippen molar-refractivity contribution in [1.82, 2.24) is 4.90 Å². The average molecular weight is 241 g/mol. The smallest absolute Gasteiger partial charge is 0.255 e. The minimum absolute atomic E-state index is 0.0288. The summed E-state index contributed by atoms with van der Waals surface area (Å²) in [6.45, 7) is 0.0288. The maximum absolute atomic E-state index is 12.2. The van der Waals surface area contributed by atoms with E-state index in [1.807, 2.05) is 12.1 Å². The summed E-state index contributed by atoms with van der Waals surface area (Å²) in [5.41, 5.74) is 0.472. The second-order valence-electron chi connectivity index (χ2n) is 4.20. The highest BCUT2D eigenvalue weighted by atomic mass is 16.3. The van der Waals surface area contributed by atoms with Crippen LogP contribution in [0.1, 0.15) is 28.8 Å². The molecule has 1 aromatic carbocycles. The molecule has 1 aliphatic rings. The zero-order chi connectivity index (χ0) is 13.1. The molecule has 1 fully saturated rings. The summed E-state index contributed by atoms with van der Waals surface area (Å²) in [6, 6.07) is 7.99. The molecule has 0 bridgehead atoms. The Hall–Kier alpha value is -2.53. The topological polar surface area (TPSA) is 88.1 Å². The number of benzene rings is 1. The predicted molar refractivity (Wildman–Crippen MR) is 62.5 cm³/mol. The third-order valence-electron chi connectivity index (χ3n) is 2.78. The zero-order valence-corrected chi connectivity index (χ0v) is 9.63. The maximum atomic E-state index is 12.2. The summed E-state index contributed by atoms with van der Waals surface area (Å²) >= 11 is 0. The zero-order valence-electron chi connectivity index (χ0n) is 9.63. The van der Waals surface area contributed by atoms with Crippen LogP contribution in [0.3, 0.4) is 0 Å². The van der Waals surface area contributed by atoms with Crippen LogP contribution >= 0.6 is 0 Å². The minimum atomic E-state index is -0.313. The van der Waals surface area contributed by atoms with Crippen LogP contribution in [0.4, 0.5) is 0 Å². The summed E-state index contributed by atoms with van der Waals surface area (Å²) in [5, 5.41) is 27.0. The van der Waals surface area contributed by atoms with Crippen LogP contribution in [0.25, 0.3) is 0 Å². The van der Waals surface area contributed by atoms with E-state index in [-0.39, 0.29) is 35.4 Å². The number of phenolic OH excluding ortho intramolecular Hbond substituents is 1. The first-order valence-corrected chi connectivity index (χ1v) is 5.58. The van der Waals surface area contributed by atoms with Gasteiger partial charge in [0.2, 0.25) is 0 Å². The van der Waals surface area contributed by atoms with Crippen LogP contribution in [0.15, 0.2) is 18.2 Å². The normalized spacial score (nSPS) is 13.4. The van der Waals surface area contributed by atoms with Gasteiger partial charge >= 0.3 is 0 Å². The third-order valence-corrected chi connectivity index (χ3v) is 2.78. The van der Waals surface area contributed by atoms with Gasteiger partial charge in [-0.2, -0.15) is 10.5 Å². The molecule has 5 nitrogen and oxygen atoms in total. The Bertz CT molecular complexity index is 565. The number of rotatable bonds is 3. The Morgan fingerprint density at radius 2 is 2.11 bits per heavy atom. The fourth-order valence-electron chi connectivity index (χ4n) is 1.79. The molecule has 0 spiro atoms. The molecule has 0 atom stereocenters. The van der Waals surface area contributed by atoms with Gasteiger partial charge in [-0.15, -0.1) is 0 Å².